The first-order chi connectivity index (χ1) is 22.4. The van der Waals surface area contributed by atoms with E-state index in [2.05, 4.69) is 24.3 Å². The number of rotatable bonds is 11. The molecule has 1 aromatic carbocycles. The Bertz CT molecular complexity index is 1620. The molecule has 0 saturated carbocycles. The van der Waals surface area contributed by atoms with E-state index in [1.54, 1.807) is 4.90 Å². The molecule has 1 aromatic heterocycles. The highest BCUT2D eigenvalue weighted by Crippen LogP contribution is 2.46. The Morgan fingerprint density at radius 2 is 1.94 bits per heavy atom. The monoisotopic (exact) mass is 656 g/mol. The van der Waals surface area contributed by atoms with Crippen LogP contribution < -0.4 is 15.5 Å². The maximum Gasteiger partial charge on any atom is 0.514 e. The summed E-state index contributed by atoms with van der Waals surface area (Å²) in [4.78, 5) is 61.9. The first-order valence-electron chi connectivity index (χ1n) is 16.3. The summed E-state index contributed by atoms with van der Waals surface area (Å²) in [5.41, 5.74) is -1.76. The van der Waals surface area contributed by atoms with Gasteiger partial charge >= 0.3 is 6.16 Å². The van der Waals surface area contributed by atoms with Crippen LogP contribution in [0.15, 0.2) is 34.3 Å². The molecule has 47 heavy (non-hydrogen) atoms. The molecule has 2 amide bonds. The van der Waals surface area contributed by atoms with Gasteiger partial charge in [0.05, 0.1) is 18.4 Å². The van der Waals surface area contributed by atoms with E-state index in [9.17, 15) is 28.0 Å². The molecule has 2 bridgehead atoms. The minimum absolute atomic E-state index is 0.00317. The van der Waals surface area contributed by atoms with Gasteiger partial charge in [-0.3, -0.25) is 14.4 Å². The van der Waals surface area contributed by atoms with Crippen molar-refractivity contribution in [3.8, 4) is 5.75 Å². The second kappa shape index (κ2) is 14.2. The van der Waals surface area contributed by atoms with E-state index >= 15 is 0 Å². The molecular weight excluding hydrogens is 614 g/mol. The quantitative estimate of drug-likeness (QED) is 0.236. The van der Waals surface area contributed by atoms with Crippen molar-refractivity contribution < 1.29 is 37.5 Å². The fourth-order valence-electron chi connectivity index (χ4n) is 6.58. The molecule has 3 aliphatic heterocycles. The number of fused-ring (bicyclic) bond motifs is 5. The van der Waals surface area contributed by atoms with E-state index in [4.69, 9.17) is 14.3 Å². The van der Waals surface area contributed by atoms with Crippen molar-refractivity contribution in [2.75, 3.05) is 13.2 Å². The zero-order chi connectivity index (χ0) is 33.9. The van der Waals surface area contributed by atoms with Gasteiger partial charge in [-0.2, -0.15) is 0 Å². The smallest absolute Gasteiger partial charge is 0.434 e. The van der Waals surface area contributed by atoms with Crippen LogP contribution in [0, 0.1) is 17.6 Å². The second-order valence-corrected chi connectivity index (χ2v) is 13.2. The standard InChI is InChI=1S/C34H42F2N4O7/c1-20(2)9-7-5-6-8-14-45-33(44)46-30-28-32(43)39-19-27(34(13-12-22(39)4)16-21(3)38-47-34)40(28)18-25(29(30)41)31(42)37-17-23-10-11-24(35)15-26(23)36/h10-11,15,18,20,22,27H,5-9,12-14,16-17,19H2,1-4H3,(H,37,42)/t22-,27+,34-/m0/s1. The van der Waals surface area contributed by atoms with Crippen LogP contribution in [0.1, 0.15) is 112 Å². The molecular formula is C34H42F2N4O7. The van der Waals surface area contributed by atoms with Gasteiger partial charge in [0.1, 0.15) is 17.2 Å². The van der Waals surface area contributed by atoms with Crippen LogP contribution in [0.4, 0.5) is 13.6 Å². The molecule has 1 saturated heterocycles. The third kappa shape index (κ3) is 7.33. The third-order valence-corrected chi connectivity index (χ3v) is 9.20. The number of ether oxygens (including phenoxy) is 2. The molecule has 0 aliphatic carbocycles. The molecule has 11 nitrogen and oxygen atoms in total. The van der Waals surface area contributed by atoms with Gasteiger partial charge in [0.2, 0.25) is 11.2 Å². The molecule has 13 heteroatoms. The number of pyridine rings is 1. The number of amides is 2. The average Bonchev–Trinajstić information content (AvgIpc) is 3.35. The molecule has 1 spiro atoms. The summed E-state index contributed by atoms with van der Waals surface area (Å²) in [5.74, 6) is -3.10. The van der Waals surface area contributed by atoms with Gasteiger partial charge in [0, 0.05) is 43.4 Å². The predicted molar refractivity (Wildman–Crippen MR) is 168 cm³/mol. The van der Waals surface area contributed by atoms with Gasteiger partial charge in [-0.1, -0.05) is 50.8 Å². The lowest BCUT2D eigenvalue weighted by Crippen LogP contribution is -2.52. The number of carbonyl (C=O) groups excluding carboxylic acids is 3. The normalized spacial score (nSPS) is 21.6. The fourth-order valence-corrected chi connectivity index (χ4v) is 6.58. The van der Waals surface area contributed by atoms with E-state index in [0.29, 0.717) is 37.7 Å². The lowest BCUT2D eigenvalue weighted by atomic mass is 9.84. The van der Waals surface area contributed by atoms with Crippen molar-refractivity contribution >= 4 is 23.7 Å². The van der Waals surface area contributed by atoms with Gasteiger partial charge < -0.3 is 29.1 Å². The zero-order valence-electron chi connectivity index (χ0n) is 27.3. The Kier molecular flexibility index (Phi) is 10.3. The van der Waals surface area contributed by atoms with Gasteiger partial charge in [0.15, 0.2) is 11.3 Å². The predicted octanol–water partition coefficient (Wildman–Crippen LogP) is 5.89. The van der Waals surface area contributed by atoms with Gasteiger partial charge in [0.25, 0.3) is 11.8 Å². The van der Waals surface area contributed by atoms with Crippen LogP contribution in [0.5, 0.6) is 5.75 Å². The van der Waals surface area contributed by atoms with Crippen molar-refractivity contribution in [1.29, 1.82) is 0 Å². The summed E-state index contributed by atoms with van der Waals surface area (Å²) in [7, 11) is 0. The summed E-state index contributed by atoms with van der Waals surface area (Å²) in [6, 6.07) is 2.11. The van der Waals surface area contributed by atoms with Crippen molar-refractivity contribution in [3.05, 3.63) is 63.1 Å². The van der Waals surface area contributed by atoms with Crippen LogP contribution in [-0.2, 0) is 16.1 Å². The van der Waals surface area contributed by atoms with Crippen molar-refractivity contribution in [2.45, 2.75) is 103 Å². The SMILES string of the molecule is CC1=NO[C@@]2(CC[C@H](C)N3C[C@H]2n2cc(C(=O)NCc4ccc(F)cc4F)c(=O)c(OC(=O)OCCCCCCC(C)C)c2C3=O)C1. The molecule has 3 aliphatic rings. The summed E-state index contributed by atoms with van der Waals surface area (Å²) >= 11 is 0. The molecule has 0 unspecified atom stereocenters. The number of oxime groups is 1. The molecule has 0 radical (unpaired) electrons. The highest BCUT2D eigenvalue weighted by atomic mass is 19.1. The molecule has 1 N–H and O–H groups in total. The first kappa shape index (κ1) is 34.1. The lowest BCUT2D eigenvalue weighted by Gasteiger charge is -2.42. The van der Waals surface area contributed by atoms with Crippen LogP contribution in [0.2, 0.25) is 0 Å². The van der Waals surface area contributed by atoms with E-state index in [-0.39, 0.29) is 37.0 Å². The third-order valence-electron chi connectivity index (χ3n) is 9.20. The van der Waals surface area contributed by atoms with E-state index in [1.165, 1.54) is 16.8 Å². The summed E-state index contributed by atoms with van der Waals surface area (Å²) in [6.45, 7) is 7.98. The molecule has 1 fully saturated rings. The Morgan fingerprint density at radius 3 is 2.64 bits per heavy atom. The highest BCUT2D eigenvalue weighted by Gasteiger charge is 2.54. The summed E-state index contributed by atoms with van der Waals surface area (Å²) < 4.78 is 39.9. The zero-order valence-corrected chi connectivity index (χ0v) is 27.3. The molecule has 4 heterocycles. The van der Waals surface area contributed by atoms with Crippen molar-refractivity contribution in [1.82, 2.24) is 14.8 Å². The lowest BCUT2D eigenvalue weighted by molar-refractivity contribution is -0.0655. The number of halogens is 2. The van der Waals surface area contributed by atoms with E-state index < -0.39 is 58.0 Å². The number of hydrogen-bond acceptors (Lipinski definition) is 8. The summed E-state index contributed by atoms with van der Waals surface area (Å²) in [6.07, 6.45) is 6.29. The van der Waals surface area contributed by atoms with E-state index in [1.807, 2.05) is 13.8 Å². The Hall–Kier alpha value is -4.29. The van der Waals surface area contributed by atoms with Crippen LogP contribution in [0.25, 0.3) is 0 Å². The van der Waals surface area contributed by atoms with Crippen molar-refractivity contribution in [3.63, 3.8) is 0 Å². The number of benzene rings is 1. The number of unbranched alkanes of at least 4 members (excludes halogenated alkanes) is 3. The largest absolute Gasteiger partial charge is 0.514 e. The van der Waals surface area contributed by atoms with Crippen LogP contribution in [0.3, 0.4) is 0 Å². The summed E-state index contributed by atoms with van der Waals surface area (Å²) in [5, 5.41) is 6.69. The maximum absolute atomic E-state index is 14.3. The van der Waals surface area contributed by atoms with Gasteiger partial charge in [-0.15, -0.1) is 0 Å². The molecule has 254 valence electrons. The Labute approximate surface area is 272 Å². The van der Waals surface area contributed by atoms with E-state index in [0.717, 1.165) is 37.5 Å². The Balaban J connectivity index is 1.47. The molecule has 5 rings (SSSR count). The number of hydrogen-bond donors (Lipinski definition) is 1. The van der Waals surface area contributed by atoms with Crippen molar-refractivity contribution in [2.24, 2.45) is 11.1 Å². The molecule has 2 aromatic rings. The van der Waals surface area contributed by atoms with Crippen LogP contribution in [-0.4, -0.2) is 57.9 Å². The number of aromatic nitrogens is 1. The number of nitrogens with one attached hydrogen (secondary N) is 1. The van der Waals surface area contributed by atoms with Crippen LogP contribution >= 0.6 is 0 Å². The Morgan fingerprint density at radius 1 is 1.17 bits per heavy atom. The second-order valence-electron chi connectivity index (χ2n) is 13.2. The highest BCUT2D eigenvalue weighted by molar-refractivity contribution is 6.00. The average molecular weight is 657 g/mol. The topological polar surface area (TPSA) is 129 Å². The first-order valence-corrected chi connectivity index (χ1v) is 16.3. The number of carbonyl (C=O) groups is 3. The van der Waals surface area contributed by atoms with Gasteiger partial charge in [-0.25, -0.2) is 13.6 Å². The fraction of sp³-hybridized carbons (Fsp3) is 0.559. The maximum atomic E-state index is 14.3. The molecule has 3 atom stereocenters. The minimum Gasteiger partial charge on any atom is -0.434 e. The minimum atomic E-state index is -1.17. The van der Waals surface area contributed by atoms with Gasteiger partial charge in [-0.05, 0) is 45.1 Å². The number of nitrogens with zero attached hydrogens (tertiary/aromatic N) is 3.